The summed E-state index contributed by atoms with van der Waals surface area (Å²) in [4.78, 5) is 0. The smallest absolute Gasteiger partial charge is 0.196 e. The van der Waals surface area contributed by atoms with E-state index in [4.69, 9.17) is 4.74 Å². The van der Waals surface area contributed by atoms with Gasteiger partial charge in [-0.3, -0.25) is 4.57 Å². The van der Waals surface area contributed by atoms with Crippen molar-refractivity contribution >= 4 is 13.8 Å². The Hall–Kier alpha value is -1.66. The van der Waals surface area contributed by atoms with Crippen molar-refractivity contribution in [2.45, 2.75) is 27.4 Å². The summed E-state index contributed by atoms with van der Waals surface area (Å²) in [7, 11) is -0.00985. The maximum atomic E-state index is 11.0. The minimum atomic E-state index is -0.00985. The second-order valence-corrected chi connectivity index (χ2v) is 5.39. The zero-order chi connectivity index (χ0) is 13.8. The number of hydrogen-bond donors (Lipinski definition) is 0. The van der Waals surface area contributed by atoms with Crippen LogP contribution in [0.1, 0.15) is 22.3 Å². The van der Waals surface area contributed by atoms with E-state index in [-0.39, 0.29) is 8.46 Å². The van der Waals surface area contributed by atoms with E-state index in [2.05, 4.69) is 32.9 Å². The van der Waals surface area contributed by atoms with Crippen molar-refractivity contribution in [1.82, 2.24) is 0 Å². The average Bonchev–Trinajstić information content (AvgIpc) is 2.38. The Balaban J connectivity index is 2.21. The van der Waals surface area contributed by atoms with E-state index in [0.29, 0.717) is 17.7 Å². The van der Waals surface area contributed by atoms with Gasteiger partial charge in [0.05, 0.1) is 5.30 Å². The first-order valence-corrected chi connectivity index (χ1v) is 7.05. The standard InChI is InChI=1S/C16H17O2P/c1-11-8-12(2)14(13(3)9-11)10-18-15-6-4-5-7-16(15)19-17/h4-9H,10H2,1-3H3. The number of hydrogen-bond acceptors (Lipinski definition) is 2. The van der Waals surface area contributed by atoms with E-state index in [1.54, 1.807) is 6.07 Å². The minimum absolute atomic E-state index is 0.00985. The fourth-order valence-corrected chi connectivity index (χ4v) is 2.62. The topological polar surface area (TPSA) is 26.3 Å². The summed E-state index contributed by atoms with van der Waals surface area (Å²) in [5.74, 6) is 0.679. The van der Waals surface area contributed by atoms with Crippen LogP contribution in [0.5, 0.6) is 5.75 Å². The lowest BCUT2D eigenvalue weighted by Gasteiger charge is -2.13. The molecule has 0 heterocycles. The largest absolute Gasteiger partial charge is 0.488 e. The Kier molecular flexibility index (Phi) is 4.34. The van der Waals surface area contributed by atoms with Gasteiger partial charge in [-0.15, -0.1) is 0 Å². The lowest BCUT2D eigenvalue weighted by molar-refractivity contribution is 0.307. The molecular weight excluding hydrogens is 255 g/mol. The van der Waals surface area contributed by atoms with Gasteiger partial charge in [-0.25, -0.2) is 0 Å². The quantitative estimate of drug-likeness (QED) is 0.783. The fraction of sp³-hybridized carbons (Fsp3) is 0.250. The van der Waals surface area contributed by atoms with E-state index in [0.717, 1.165) is 0 Å². The van der Waals surface area contributed by atoms with Gasteiger partial charge in [0.1, 0.15) is 12.4 Å². The molecule has 2 rings (SSSR count). The molecule has 0 saturated carbocycles. The molecule has 0 aliphatic heterocycles. The first-order valence-electron chi connectivity index (χ1n) is 6.23. The molecule has 0 unspecified atom stereocenters. The van der Waals surface area contributed by atoms with Crippen LogP contribution >= 0.6 is 8.46 Å². The molecule has 0 fully saturated rings. The van der Waals surface area contributed by atoms with Crippen LogP contribution in [0.4, 0.5) is 0 Å². The zero-order valence-electron chi connectivity index (χ0n) is 11.4. The summed E-state index contributed by atoms with van der Waals surface area (Å²) < 4.78 is 16.8. The zero-order valence-corrected chi connectivity index (χ0v) is 12.3. The van der Waals surface area contributed by atoms with Crippen LogP contribution in [0.15, 0.2) is 36.4 Å². The summed E-state index contributed by atoms with van der Waals surface area (Å²) >= 11 is 0. The van der Waals surface area contributed by atoms with Crippen LogP contribution in [-0.4, -0.2) is 0 Å². The number of ether oxygens (including phenoxy) is 1. The van der Waals surface area contributed by atoms with E-state index in [1.807, 2.05) is 18.2 Å². The molecule has 0 aliphatic rings. The highest BCUT2D eigenvalue weighted by atomic mass is 31.1. The Labute approximate surface area is 115 Å². The Morgan fingerprint density at radius 1 is 1.05 bits per heavy atom. The van der Waals surface area contributed by atoms with Crippen molar-refractivity contribution < 1.29 is 9.30 Å². The molecule has 98 valence electrons. The number of para-hydroxylation sites is 1. The van der Waals surface area contributed by atoms with Gasteiger partial charge in [-0.05, 0) is 49.6 Å². The van der Waals surface area contributed by atoms with Crippen LogP contribution in [-0.2, 0) is 11.2 Å². The normalized spacial score (nSPS) is 10.7. The first-order chi connectivity index (χ1) is 9.11. The van der Waals surface area contributed by atoms with E-state index < -0.39 is 0 Å². The highest BCUT2D eigenvalue weighted by Gasteiger charge is 2.07. The van der Waals surface area contributed by atoms with Gasteiger partial charge in [0, 0.05) is 0 Å². The molecule has 0 atom stereocenters. The van der Waals surface area contributed by atoms with E-state index >= 15 is 0 Å². The second kappa shape index (κ2) is 5.99. The lowest BCUT2D eigenvalue weighted by Crippen LogP contribution is -2.06. The minimum Gasteiger partial charge on any atom is -0.488 e. The third kappa shape index (κ3) is 3.21. The molecule has 2 aromatic rings. The van der Waals surface area contributed by atoms with Crippen molar-refractivity contribution in [3.05, 3.63) is 58.7 Å². The SMILES string of the molecule is Cc1cc(C)c(COc2ccccc2P=O)c(C)c1. The number of aryl methyl sites for hydroxylation is 3. The molecule has 0 bridgehead atoms. The summed E-state index contributed by atoms with van der Waals surface area (Å²) in [6.45, 7) is 6.79. The third-order valence-corrected chi connectivity index (χ3v) is 3.74. The van der Waals surface area contributed by atoms with Gasteiger partial charge in [-0.1, -0.05) is 29.8 Å². The molecule has 19 heavy (non-hydrogen) atoms. The first kappa shape index (κ1) is 13.8. The van der Waals surface area contributed by atoms with Crippen LogP contribution in [0.3, 0.4) is 0 Å². The molecule has 3 heteroatoms. The van der Waals surface area contributed by atoms with Gasteiger partial charge in [0.15, 0.2) is 8.46 Å². The third-order valence-electron chi connectivity index (χ3n) is 3.18. The van der Waals surface area contributed by atoms with Gasteiger partial charge >= 0.3 is 0 Å². The molecular formula is C16H17O2P. The molecule has 0 N–H and O–H groups in total. The van der Waals surface area contributed by atoms with Gasteiger partial charge in [-0.2, -0.15) is 0 Å². The Morgan fingerprint density at radius 3 is 2.32 bits per heavy atom. The van der Waals surface area contributed by atoms with Gasteiger partial charge in [0.25, 0.3) is 0 Å². The van der Waals surface area contributed by atoms with Crippen molar-refractivity contribution in [3.63, 3.8) is 0 Å². The van der Waals surface area contributed by atoms with Crippen molar-refractivity contribution in [1.29, 1.82) is 0 Å². The molecule has 0 aliphatic carbocycles. The number of rotatable bonds is 4. The van der Waals surface area contributed by atoms with Crippen LogP contribution in [0, 0.1) is 20.8 Å². The molecule has 0 aromatic heterocycles. The highest BCUT2D eigenvalue weighted by molar-refractivity contribution is 7.34. The summed E-state index contributed by atoms with van der Waals surface area (Å²) in [6.07, 6.45) is 0. The van der Waals surface area contributed by atoms with Crippen LogP contribution < -0.4 is 10.0 Å². The molecule has 2 aromatic carbocycles. The summed E-state index contributed by atoms with van der Waals surface area (Å²) in [5.41, 5.74) is 4.92. The molecule has 0 spiro atoms. The predicted molar refractivity (Wildman–Crippen MR) is 78.7 cm³/mol. The highest BCUT2D eigenvalue weighted by Crippen LogP contribution is 2.20. The Bertz CT molecular complexity index is 582. The maximum Gasteiger partial charge on any atom is 0.196 e. The van der Waals surface area contributed by atoms with Gasteiger partial charge < -0.3 is 4.74 Å². The van der Waals surface area contributed by atoms with E-state index in [9.17, 15) is 4.57 Å². The maximum absolute atomic E-state index is 11.0. The fourth-order valence-electron chi connectivity index (χ4n) is 2.24. The van der Waals surface area contributed by atoms with Crippen molar-refractivity contribution in [3.8, 4) is 5.75 Å². The van der Waals surface area contributed by atoms with E-state index in [1.165, 1.54) is 22.3 Å². The second-order valence-electron chi connectivity index (χ2n) is 4.72. The van der Waals surface area contributed by atoms with Crippen LogP contribution in [0.2, 0.25) is 0 Å². The van der Waals surface area contributed by atoms with Crippen molar-refractivity contribution in [2.24, 2.45) is 0 Å². The molecule has 0 amide bonds. The molecule has 0 radical (unpaired) electrons. The average molecular weight is 272 g/mol. The monoisotopic (exact) mass is 272 g/mol. The Morgan fingerprint density at radius 2 is 1.68 bits per heavy atom. The predicted octanol–water partition coefficient (Wildman–Crippen LogP) is 4.11. The van der Waals surface area contributed by atoms with Crippen LogP contribution in [0.25, 0.3) is 0 Å². The lowest BCUT2D eigenvalue weighted by atomic mass is 10.0. The summed E-state index contributed by atoms with van der Waals surface area (Å²) in [6, 6.07) is 11.7. The molecule has 2 nitrogen and oxygen atoms in total. The van der Waals surface area contributed by atoms with Gasteiger partial charge in [0.2, 0.25) is 0 Å². The number of benzene rings is 2. The summed E-state index contributed by atoms with van der Waals surface area (Å²) in [5, 5.41) is 0.685. The molecule has 0 saturated heterocycles. The van der Waals surface area contributed by atoms with Crippen molar-refractivity contribution in [2.75, 3.05) is 0 Å².